The van der Waals surface area contributed by atoms with Crippen LogP contribution in [0.2, 0.25) is 5.02 Å². The maximum atomic E-state index is 9.01. The zero-order valence-electron chi connectivity index (χ0n) is 9.77. The molecule has 3 N–H and O–H groups in total. The van der Waals surface area contributed by atoms with Crippen molar-refractivity contribution in [3.63, 3.8) is 0 Å². The van der Waals surface area contributed by atoms with Crippen molar-refractivity contribution in [3.05, 3.63) is 53.1 Å². The summed E-state index contributed by atoms with van der Waals surface area (Å²) in [6.07, 6.45) is 0.528. The summed E-state index contributed by atoms with van der Waals surface area (Å²) >= 11 is 6.05. The number of benzene rings is 2. The van der Waals surface area contributed by atoms with E-state index in [0.29, 0.717) is 28.6 Å². The molecule has 0 heterocycles. The van der Waals surface area contributed by atoms with Crippen LogP contribution >= 0.6 is 11.6 Å². The number of ether oxygens (including phenoxy) is 1. The summed E-state index contributed by atoms with van der Waals surface area (Å²) in [6.45, 7) is 0.0678. The van der Waals surface area contributed by atoms with E-state index >= 15 is 0 Å². The van der Waals surface area contributed by atoms with Crippen LogP contribution in [-0.2, 0) is 6.42 Å². The van der Waals surface area contributed by atoms with E-state index in [2.05, 4.69) is 0 Å². The van der Waals surface area contributed by atoms with Gasteiger partial charge in [0.05, 0.1) is 10.7 Å². The van der Waals surface area contributed by atoms with E-state index in [1.54, 1.807) is 18.2 Å². The fourth-order valence-electron chi connectivity index (χ4n) is 1.67. The minimum Gasteiger partial charge on any atom is -0.453 e. The first-order chi connectivity index (χ1) is 8.72. The molecule has 0 radical (unpaired) electrons. The van der Waals surface area contributed by atoms with Crippen molar-refractivity contribution in [2.24, 2.45) is 0 Å². The van der Waals surface area contributed by atoms with Crippen LogP contribution in [0.3, 0.4) is 0 Å². The third-order valence-electron chi connectivity index (χ3n) is 2.56. The van der Waals surface area contributed by atoms with Gasteiger partial charge in [-0.1, -0.05) is 35.9 Å². The molecule has 0 atom stereocenters. The van der Waals surface area contributed by atoms with Gasteiger partial charge in [0.15, 0.2) is 5.75 Å². The fourth-order valence-corrected chi connectivity index (χ4v) is 1.89. The molecule has 0 spiro atoms. The van der Waals surface area contributed by atoms with Crippen LogP contribution < -0.4 is 10.5 Å². The van der Waals surface area contributed by atoms with Gasteiger partial charge < -0.3 is 15.6 Å². The molecule has 0 saturated heterocycles. The van der Waals surface area contributed by atoms with Crippen LogP contribution in [0.4, 0.5) is 5.69 Å². The maximum Gasteiger partial charge on any atom is 0.168 e. The van der Waals surface area contributed by atoms with E-state index in [0.717, 1.165) is 5.56 Å². The highest BCUT2D eigenvalue weighted by molar-refractivity contribution is 6.32. The van der Waals surface area contributed by atoms with E-state index in [9.17, 15) is 0 Å². The second kappa shape index (κ2) is 5.76. The minimum atomic E-state index is 0.0678. The van der Waals surface area contributed by atoms with Crippen LogP contribution in [0.25, 0.3) is 0 Å². The summed E-state index contributed by atoms with van der Waals surface area (Å²) in [6, 6.07) is 12.7. The lowest BCUT2D eigenvalue weighted by molar-refractivity contribution is 0.298. The van der Waals surface area contributed by atoms with E-state index in [4.69, 9.17) is 27.2 Å². The molecule has 0 bridgehead atoms. The Morgan fingerprint density at radius 1 is 1.11 bits per heavy atom. The summed E-state index contributed by atoms with van der Waals surface area (Å²) < 4.78 is 5.76. The van der Waals surface area contributed by atoms with Crippen LogP contribution in [-0.4, -0.2) is 11.7 Å². The SMILES string of the molecule is Nc1cccc(Cl)c1Oc1ccccc1CCO. The minimum absolute atomic E-state index is 0.0678. The summed E-state index contributed by atoms with van der Waals surface area (Å²) in [5, 5.41) is 9.48. The zero-order chi connectivity index (χ0) is 13.0. The van der Waals surface area contributed by atoms with Crippen molar-refractivity contribution >= 4 is 17.3 Å². The van der Waals surface area contributed by atoms with E-state index in [1.165, 1.54) is 0 Å². The summed E-state index contributed by atoms with van der Waals surface area (Å²) in [5.41, 5.74) is 7.24. The van der Waals surface area contributed by atoms with Gasteiger partial charge >= 0.3 is 0 Å². The summed E-state index contributed by atoms with van der Waals surface area (Å²) in [7, 11) is 0. The number of nitrogen functional groups attached to an aromatic ring is 1. The van der Waals surface area contributed by atoms with E-state index in [1.807, 2.05) is 24.3 Å². The first-order valence-electron chi connectivity index (χ1n) is 5.63. The number of aliphatic hydroxyl groups excluding tert-OH is 1. The number of hydrogen-bond donors (Lipinski definition) is 2. The summed E-state index contributed by atoms with van der Waals surface area (Å²) in [4.78, 5) is 0. The zero-order valence-corrected chi connectivity index (χ0v) is 10.5. The molecule has 18 heavy (non-hydrogen) atoms. The second-order valence-corrected chi connectivity index (χ2v) is 4.25. The Hall–Kier alpha value is -1.71. The number of aliphatic hydroxyl groups is 1. The third-order valence-corrected chi connectivity index (χ3v) is 2.86. The Labute approximate surface area is 111 Å². The first-order valence-corrected chi connectivity index (χ1v) is 6.01. The Bertz CT molecular complexity index is 523. The van der Waals surface area contributed by atoms with Crippen molar-refractivity contribution in [2.45, 2.75) is 6.42 Å². The van der Waals surface area contributed by atoms with Gasteiger partial charge in [0.25, 0.3) is 0 Å². The predicted molar refractivity (Wildman–Crippen MR) is 73.2 cm³/mol. The lowest BCUT2D eigenvalue weighted by Crippen LogP contribution is -1.97. The average molecular weight is 264 g/mol. The summed E-state index contributed by atoms with van der Waals surface area (Å²) in [5.74, 6) is 1.11. The first kappa shape index (κ1) is 12.7. The largest absolute Gasteiger partial charge is 0.453 e. The highest BCUT2D eigenvalue weighted by atomic mass is 35.5. The van der Waals surface area contributed by atoms with Crippen molar-refractivity contribution < 1.29 is 9.84 Å². The van der Waals surface area contributed by atoms with Gasteiger partial charge in [-0.05, 0) is 30.2 Å². The fraction of sp³-hybridized carbons (Fsp3) is 0.143. The van der Waals surface area contributed by atoms with E-state index in [-0.39, 0.29) is 6.61 Å². The van der Waals surface area contributed by atoms with Gasteiger partial charge in [-0.15, -0.1) is 0 Å². The van der Waals surface area contributed by atoms with Crippen molar-refractivity contribution in [2.75, 3.05) is 12.3 Å². The smallest absolute Gasteiger partial charge is 0.168 e. The standard InChI is InChI=1S/C14H14ClNO2/c15-11-5-3-6-12(16)14(11)18-13-7-2-1-4-10(13)8-9-17/h1-7,17H,8-9,16H2. The van der Waals surface area contributed by atoms with Crippen LogP contribution in [0, 0.1) is 0 Å². The van der Waals surface area contributed by atoms with Crippen LogP contribution in [0.15, 0.2) is 42.5 Å². The molecule has 0 fully saturated rings. The number of nitrogens with two attached hydrogens (primary N) is 1. The quantitative estimate of drug-likeness (QED) is 0.833. The maximum absolute atomic E-state index is 9.01. The molecule has 3 nitrogen and oxygen atoms in total. The Morgan fingerprint density at radius 2 is 1.89 bits per heavy atom. The third kappa shape index (κ3) is 2.75. The van der Waals surface area contributed by atoms with Crippen molar-refractivity contribution in [1.82, 2.24) is 0 Å². The Kier molecular flexibility index (Phi) is 4.07. The number of anilines is 1. The predicted octanol–water partition coefficient (Wildman–Crippen LogP) is 3.25. The molecule has 0 aromatic heterocycles. The van der Waals surface area contributed by atoms with Gasteiger partial charge in [0.2, 0.25) is 0 Å². The van der Waals surface area contributed by atoms with E-state index < -0.39 is 0 Å². The highest BCUT2D eigenvalue weighted by Crippen LogP contribution is 2.35. The van der Waals surface area contributed by atoms with Gasteiger partial charge in [-0.2, -0.15) is 0 Å². The molecule has 0 unspecified atom stereocenters. The molecule has 0 amide bonds. The number of hydrogen-bond acceptors (Lipinski definition) is 3. The molecule has 0 aliphatic rings. The van der Waals surface area contributed by atoms with Gasteiger partial charge in [-0.25, -0.2) is 0 Å². The lowest BCUT2D eigenvalue weighted by Gasteiger charge is -2.13. The molecule has 2 aromatic carbocycles. The van der Waals surface area contributed by atoms with Crippen LogP contribution in [0.1, 0.15) is 5.56 Å². The van der Waals surface area contributed by atoms with Crippen molar-refractivity contribution in [3.8, 4) is 11.5 Å². The molecule has 94 valence electrons. The molecule has 4 heteroatoms. The highest BCUT2D eigenvalue weighted by Gasteiger charge is 2.09. The Balaban J connectivity index is 2.34. The van der Waals surface area contributed by atoms with Crippen molar-refractivity contribution in [1.29, 1.82) is 0 Å². The average Bonchev–Trinajstić information content (AvgIpc) is 2.36. The molecule has 0 aliphatic heterocycles. The molecule has 0 aliphatic carbocycles. The topological polar surface area (TPSA) is 55.5 Å². The monoisotopic (exact) mass is 263 g/mol. The van der Waals surface area contributed by atoms with Gasteiger partial charge in [0.1, 0.15) is 5.75 Å². The van der Waals surface area contributed by atoms with Crippen LogP contribution in [0.5, 0.6) is 11.5 Å². The number of para-hydroxylation sites is 2. The normalized spacial score (nSPS) is 10.3. The number of halogens is 1. The molecule has 2 rings (SSSR count). The van der Waals surface area contributed by atoms with Gasteiger partial charge in [-0.3, -0.25) is 0 Å². The molecular formula is C14H14ClNO2. The molecular weight excluding hydrogens is 250 g/mol. The molecule has 0 saturated carbocycles. The Morgan fingerprint density at radius 3 is 2.61 bits per heavy atom. The number of rotatable bonds is 4. The van der Waals surface area contributed by atoms with Gasteiger partial charge in [0, 0.05) is 6.61 Å². The second-order valence-electron chi connectivity index (χ2n) is 3.84. The molecule has 2 aromatic rings. The lowest BCUT2D eigenvalue weighted by atomic mass is 10.1.